The number of aliphatic hydroxyl groups is 1. The summed E-state index contributed by atoms with van der Waals surface area (Å²) in [4.78, 5) is 2.42. The lowest BCUT2D eigenvalue weighted by Gasteiger charge is -2.28. The minimum absolute atomic E-state index is 0.278. The second-order valence-corrected chi connectivity index (χ2v) is 6.23. The van der Waals surface area contributed by atoms with E-state index >= 15 is 0 Å². The topological polar surface area (TPSA) is 35.5 Å². The number of aliphatic hydroxyl groups excluding tert-OH is 1. The van der Waals surface area contributed by atoms with E-state index in [0.29, 0.717) is 6.04 Å². The molecular formula is C17H27ClN2O. The number of hydrogen-bond acceptors (Lipinski definition) is 3. The molecule has 4 heteroatoms. The maximum atomic E-state index is 9.03. The van der Waals surface area contributed by atoms with Crippen molar-refractivity contribution in [3.8, 4) is 0 Å². The average molecular weight is 311 g/mol. The number of rotatable bonds is 8. The largest absolute Gasteiger partial charge is 0.396 e. The van der Waals surface area contributed by atoms with E-state index < -0.39 is 0 Å². The third kappa shape index (κ3) is 4.60. The highest BCUT2D eigenvalue weighted by atomic mass is 35.5. The Balaban J connectivity index is 2.02. The summed E-state index contributed by atoms with van der Waals surface area (Å²) in [6.07, 6.45) is 5.49. The summed E-state index contributed by atoms with van der Waals surface area (Å²) in [5, 5.41) is 13.3. The van der Waals surface area contributed by atoms with Crippen molar-refractivity contribution in [2.75, 3.05) is 24.6 Å². The molecule has 1 aliphatic rings. The van der Waals surface area contributed by atoms with Crippen LogP contribution in [0.25, 0.3) is 0 Å². The maximum absolute atomic E-state index is 9.03. The van der Waals surface area contributed by atoms with Gasteiger partial charge in [0.1, 0.15) is 0 Å². The van der Waals surface area contributed by atoms with Gasteiger partial charge in [-0.1, -0.05) is 24.6 Å². The van der Waals surface area contributed by atoms with Crippen molar-refractivity contribution in [2.45, 2.75) is 51.6 Å². The fourth-order valence-electron chi connectivity index (χ4n) is 3.08. The Hall–Kier alpha value is -0.770. The Kier molecular flexibility index (Phi) is 6.81. The molecule has 2 rings (SSSR count). The van der Waals surface area contributed by atoms with E-state index in [2.05, 4.69) is 35.3 Å². The van der Waals surface area contributed by atoms with Crippen molar-refractivity contribution in [1.82, 2.24) is 5.32 Å². The van der Waals surface area contributed by atoms with Gasteiger partial charge in [-0.05, 0) is 56.3 Å². The highest BCUT2D eigenvalue weighted by Crippen LogP contribution is 2.34. The molecular weight excluding hydrogens is 284 g/mol. The van der Waals surface area contributed by atoms with Crippen molar-refractivity contribution in [3.05, 3.63) is 28.8 Å². The highest BCUT2D eigenvalue weighted by Gasteiger charge is 2.25. The molecule has 118 valence electrons. The molecule has 0 aliphatic carbocycles. The standard InChI is InChI=1S/C17H27ClN2O/c1-2-9-19-13-14-7-8-17(16(18)12-14)20-10-3-5-15(20)6-4-11-21/h7-8,12,15,19,21H,2-6,9-11,13H2,1H3. The molecule has 3 nitrogen and oxygen atoms in total. The highest BCUT2D eigenvalue weighted by molar-refractivity contribution is 6.33. The number of nitrogens with one attached hydrogen (secondary N) is 1. The monoisotopic (exact) mass is 310 g/mol. The van der Waals surface area contributed by atoms with Crippen LogP contribution in [0.2, 0.25) is 5.02 Å². The van der Waals surface area contributed by atoms with Crippen LogP contribution in [0, 0.1) is 0 Å². The molecule has 1 fully saturated rings. The fraction of sp³-hybridized carbons (Fsp3) is 0.647. The number of hydrogen-bond donors (Lipinski definition) is 2. The van der Waals surface area contributed by atoms with Crippen LogP contribution in [-0.4, -0.2) is 30.8 Å². The van der Waals surface area contributed by atoms with Gasteiger partial charge < -0.3 is 15.3 Å². The molecule has 0 saturated carbocycles. The predicted octanol–water partition coefficient (Wildman–Crippen LogP) is 3.58. The molecule has 0 radical (unpaired) electrons. The van der Waals surface area contributed by atoms with Crippen LogP contribution in [0.5, 0.6) is 0 Å². The molecule has 21 heavy (non-hydrogen) atoms. The summed E-state index contributed by atoms with van der Waals surface area (Å²) < 4.78 is 0. The maximum Gasteiger partial charge on any atom is 0.0642 e. The van der Waals surface area contributed by atoms with Crippen molar-refractivity contribution in [2.24, 2.45) is 0 Å². The smallest absolute Gasteiger partial charge is 0.0642 e. The minimum Gasteiger partial charge on any atom is -0.396 e. The van der Waals surface area contributed by atoms with Crippen LogP contribution in [0.4, 0.5) is 5.69 Å². The Labute approximate surface area is 133 Å². The van der Waals surface area contributed by atoms with Crippen LogP contribution in [0.15, 0.2) is 18.2 Å². The fourth-order valence-corrected chi connectivity index (χ4v) is 3.39. The van der Waals surface area contributed by atoms with Crippen molar-refractivity contribution < 1.29 is 5.11 Å². The first kappa shape index (κ1) is 16.6. The quantitative estimate of drug-likeness (QED) is 0.720. The van der Waals surface area contributed by atoms with Gasteiger partial charge >= 0.3 is 0 Å². The van der Waals surface area contributed by atoms with E-state index in [0.717, 1.165) is 49.6 Å². The average Bonchev–Trinajstić information content (AvgIpc) is 2.94. The summed E-state index contributed by atoms with van der Waals surface area (Å²) >= 11 is 6.50. The second-order valence-electron chi connectivity index (χ2n) is 5.82. The van der Waals surface area contributed by atoms with Crippen molar-refractivity contribution in [3.63, 3.8) is 0 Å². The van der Waals surface area contributed by atoms with Gasteiger partial charge in [-0.15, -0.1) is 0 Å². The van der Waals surface area contributed by atoms with E-state index in [1.165, 1.54) is 18.4 Å². The van der Waals surface area contributed by atoms with Gasteiger partial charge in [0.05, 0.1) is 10.7 Å². The molecule has 1 atom stereocenters. The number of benzene rings is 1. The molecule has 1 aliphatic heterocycles. The summed E-state index contributed by atoms with van der Waals surface area (Å²) in [7, 11) is 0. The van der Waals surface area contributed by atoms with E-state index in [1.54, 1.807) is 0 Å². The Morgan fingerprint density at radius 2 is 2.29 bits per heavy atom. The number of halogens is 1. The zero-order valence-electron chi connectivity index (χ0n) is 12.9. The third-order valence-corrected chi connectivity index (χ3v) is 4.45. The lowest BCUT2D eigenvalue weighted by molar-refractivity contribution is 0.279. The van der Waals surface area contributed by atoms with Gasteiger partial charge in [0.25, 0.3) is 0 Å². The van der Waals surface area contributed by atoms with E-state index in [1.807, 2.05) is 0 Å². The van der Waals surface area contributed by atoms with Crippen LogP contribution in [0.3, 0.4) is 0 Å². The predicted molar refractivity (Wildman–Crippen MR) is 90.1 cm³/mol. The Bertz CT molecular complexity index is 439. The Morgan fingerprint density at radius 3 is 3.00 bits per heavy atom. The first-order chi connectivity index (χ1) is 10.3. The lowest BCUT2D eigenvalue weighted by atomic mass is 10.1. The lowest BCUT2D eigenvalue weighted by Crippen LogP contribution is -2.29. The SMILES string of the molecule is CCCNCc1ccc(N2CCCC2CCCO)c(Cl)c1. The van der Waals surface area contributed by atoms with Crippen LogP contribution < -0.4 is 10.2 Å². The second kappa shape index (κ2) is 8.62. The van der Waals surface area contributed by atoms with Crippen LogP contribution in [-0.2, 0) is 6.54 Å². The number of anilines is 1. The Morgan fingerprint density at radius 1 is 1.43 bits per heavy atom. The first-order valence-electron chi connectivity index (χ1n) is 8.13. The molecule has 0 amide bonds. The summed E-state index contributed by atoms with van der Waals surface area (Å²) in [6, 6.07) is 6.94. The van der Waals surface area contributed by atoms with Crippen molar-refractivity contribution in [1.29, 1.82) is 0 Å². The molecule has 0 bridgehead atoms. The normalized spacial score (nSPS) is 18.4. The molecule has 1 saturated heterocycles. The molecule has 1 heterocycles. The number of nitrogens with zero attached hydrogens (tertiary/aromatic N) is 1. The zero-order chi connectivity index (χ0) is 15.1. The van der Waals surface area contributed by atoms with Crippen LogP contribution >= 0.6 is 11.6 Å². The summed E-state index contributed by atoms with van der Waals surface area (Å²) in [6.45, 7) is 5.43. The summed E-state index contributed by atoms with van der Waals surface area (Å²) in [5.74, 6) is 0. The van der Waals surface area contributed by atoms with Gasteiger partial charge in [0.2, 0.25) is 0 Å². The molecule has 2 N–H and O–H groups in total. The van der Waals surface area contributed by atoms with E-state index in [-0.39, 0.29) is 6.61 Å². The third-order valence-electron chi connectivity index (χ3n) is 4.15. The van der Waals surface area contributed by atoms with Gasteiger partial charge in [-0.3, -0.25) is 0 Å². The summed E-state index contributed by atoms with van der Waals surface area (Å²) in [5.41, 5.74) is 2.39. The van der Waals surface area contributed by atoms with Crippen LogP contribution in [0.1, 0.15) is 44.6 Å². The molecule has 1 aromatic carbocycles. The zero-order valence-corrected chi connectivity index (χ0v) is 13.7. The van der Waals surface area contributed by atoms with Gasteiger partial charge in [0.15, 0.2) is 0 Å². The molecule has 1 unspecified atom stereocenters. The molecule has 1 aromatic rings. The molecule has 0 aromatic heterocycles. The van der Waals surface area contributed by atoms with E-state index in [4.69, 9.17) is 16.7 Å². The minimum atomic E-state index is 0.278. The van der Waals surface area contributed by atoms with Gasteiger partial charge in [-0.2, -0.15) is 0 Å². The first-order valence-corrected chi connectivity index (χ1v) is 8.50. The van der Waals surface area contributed by atoms with E-state index in [9.17, 15) is 0 Å². The van der Waals surface area contributed by atoms with Gasteiger partial charge in [-0.25, -0.2) is 0 Å². The molecule has 0 spiro atoms. The van der Waals surface area contributed by atoms with Crippen molar-refractivity contribution >= 4 is 17.3 Å². The van der Waals surface area contributed by atoms with Gasteiger partial charge in [0, 0.05) is 25.7 Å².